The van der Waals surface area contributed by atoms with Crippen LogP contribution >= 0.6 is 11.8 Å². The Bertz CT molecular complexity index is 1560. The fourth-order valence-corrected chi connectivity index (χ4v) is 4.63. The van der Waals surface area contributed by atoms with Crippen molar-refractivity contribution in [2.75, 3.05) is 12.9 Å². The van der Waals surface area contributed by atoms with Gasteiger partial charge < -0.3 is 4.74 Å². The van der Waals surface area contributed by atoms with Crippen LogP contribution in [0.3, 0.4) is 0 Å². The highest BCUT2D eigenvalue weighted by atomic mass is 32.2. The molecule has 1 amide bonds. The molecular weight excluding hydrogens is 482 g/mol. The zero-order valence-electron chi connectivity index (χ0n) is 20.5. The van der Waals surface area contributed by atoms with Gasteiger partial charge in [-0.3, -0.25) is 9.36 Å². The molecule has 0 atom stereocenters. The van der Waals surface area contributed by atoms with Gasteiger partial charge in [0, 0.05) is 11.3 Å². The summed E-state index contributed by atoms with van der Waals surface area (Å²) in [6.07, 6.45) is 0. The van der Waals surface area contributed by atoms with Gasteiger partial charge in [-0.15, -0.1) is 10.2 Å². The molecule has 37 heavy (non-hydrogen) atoms. The largest absolute Gasteiger partial charge is 0.497 e. The zero-order valence-corrected chi connectivity index (χ0v) is 21.3. The summed E-state index contributed by atoms with van der Waals surface area (Å²) in [4.78, 5) is 12.7. The molecule has 1 aromatic heterocycles. The summed E-state index contributed by atoms with van der Waals surface area (Å²) in [5, 5.41) is 16.0. The van der Waals surface area contributed by atoms with E-state index in [4.69, 9.17) is 4.74 Å². The number of aromatic nitrogens is 3. The van der Waals surface area contributed by atoms with Crippen LogP contribution in [0.25, 0.3) is 27.8 Å². The molecule has 0 aliphatic rings. The molecule has 1 N–H and O–H groups in total. The van der Waals surface area contributed by atoms with Crippen molar-refractivity contribution in [3.05, 3.63) is 103 Å². The molecule has 4 aromatic carbocycles. The summed E-state index contributed by atoms with van der Waals surface area (Å²) >= 11 is 1.30. The Morgan fingerprint density at radius 2 is 1.65 bits per heavy atom. The van der Waals surface area contributed by atoms with Crippen LogP contribution < -0.4 is 10.2 Å². The first-order valence-corrected chi connectivity index (χ1v) is 12.7. The van der Waals surface area contributed by atoms with Gasteiger partial charge in [0.25, 0.3) is 5.91 Å². The number of hydrazone groups is 1. The summed E-state index contributed by atoms with van der Waals surface area (Å²) in [7, 11) is 1.63. The first-order chi connectivity index (χ1) is 18.1. The number of thioether (sulfide) groups is 1. The van der Waals surface area contributed by atoms with Gasteiger partial charge in [0.1, 0.15) is 5.75 Å². The molecular formula is C29H25N5O2S. The van der Waals surface area contributed by atoms with Crippen LogP contribution in [-0.4, -0.2) is 39.2 Å². The Balaban J connectivity index is 1.32. The molecule has 0 bridgehead atoms. The number of rotatable bonds is 8. The predicted octanol–water partition coefficient (Wildman–Crippen LogP) is 5.73. The molecule has 0 spiro atoms. The van der Waals surface area contributed by atoms with Crippen molar-refractivity contribution in [1.29, 1.82) is 0 Å². The number of benzene rings is 4. The maximum absolute atomic E-state index is 12.7. The van der Waals surface area contributed by atoms with Crippen molar-refractivity contribution in [2.45, 2.75) is 12.1 Å². The number of carbonyl (C=O) groups is 1. The van der Waals surface area contributed by atoms with Crippen LogP contribution in [0.4, 0.5) is 0 Å². The van der Waals surface area contributed by atoms with E-state index in [0.29, 0.717) is 11.0 Å². The Morgan fingerprint density at radius 3 is 2.41 bits per heavy atom. The van der Waals surface area contributed by atoms with Gasteiger partial charge in [0.05, 0.1) is 18.6 Å². The quantitative estimate of drug-likeness (QED) is 0.165. The average Bonchev–Trinajstić information content (AvgIpc) is 3.39. The molecule has 0 aliphatic heterocycles. The average molecular weight is 508 g/mol. The molecule has 5 rings (SSSR count). The van der Waals surface area contributed by atoms with E-state index in [1.165, 1.54) is 11.8 Å². The van der Waals surface area contributed by atoms with Crippen molar-refractivity contribution < 1.29 is 9.53 Å². The highest BCUT2D eigenvalue weighted by molar-refractivity contribution is 7.99. The number of ether oxygens (including phenoxy) is 1. The first-order valence-electron chi connectivity index (χ1n) is 11.7. The number of hydrogen-bond acceptors (Lipinski definition) is 6. The maximum Gasteiger partial charge on any atom is 0.250 e. The number of nitrogens with zero attached hydrogens (tertiary/aromatic N) is 4. The summed E-state index contributed by atoms with van der Waals surface area (Å²) in [6.45, 7) is 1.88. The molecule has 0 fully saturated rings. The SMILES string of the molecule is COc1ccc(-n2c(SCC(=O)N/N=C(\C)c3ccc4ccccc4c3)nnc2-c2ccccc2)cc1. The maximum atomic E-state index is 12.7. The minimum absolute atomic E-state index is 0.136. The van der Waals surface area contributed by atoms with Gasteiger partial charge in [-0.1, -0.05) is 78.5 Å². The molecule has 7 nitrogen and oxygen atoms in total. The number of hydrogen-bond donors (Lipinski definition) is 1. The molecule has 8 heteroatoms. The molecule has 0 unspecified atom stereocenters. The Labute approximate surface area is 219 Å². The van der Waals surface area contributed by atoms with Crippen LogP contribution in [-0.2, 0) is 4.79 Å². The molecule has 1 heterocycles. The lowest BCUT2D eigenvalue weighted by atomic mass is 10.0. The van der Waals surface area contributed by atoms with E-state index in [-0.39, 0.29) is 11.7 Å². The second-order valence-corrected chi connectivity index (χ2v) is 9.23. The highest BCUT2D eigenvalue weighted by Gasteiger charge is 2.17. The first kappa shape index (κ1) is 24.3. The van der Waals surface area contributed by atoms with Crippen molar-refractivity contribution in [3.8, 4) is 22.8 Å². The number of nitrogens with one attached hydrogen (secondary N) is 1. The Morgan fingerprint density at radius 1 is 0.919 bits per heavy atom. The number of amides is 1. The van der Waals surface area contributed by atoms with Gasteiger partial charge in [0.15, 0.2) is 11.0 Å². The van der Waals surface area contributed by atoms with Crippen LogP contribution in [0.2, 0.25) is 0 Å². The second kappa shape index (κ2) is 11.1. The van der Waals surface area contributed by atoms with E-state index in [0.717, 1.165) is 39.0 Å². The molecule has 0 saturated carbocycles. The normalized spacial score (nSPS) is 11.5. The van der Waals surface area contributed by atoms with Gasteiger partial charge in [-0.2, -0.15) is 5.10 Å². The number of methoxy groups -OCH3 is 1. The summed E-state index contributed by atoms with van der Waals surface area (Å²) < 4.78 is 7.24. The molecule has 5 aromatic rings. The predicted molar refractivity (Wildman–Crippen MR) is 148 cm³/mol. The Hall–Kier alpha value is -4.43. The molecule has 0 radical (unpaired) electrons. The lowest BCUT2D eigenvalue weighted by Gasteiger charge is -2.11. The smallest absolute Gasteiger partial charge is 0.250 e. The fraction of sp³-hybridized carbons (Fsp3) is 0.103. The van der Waals surface area contributed by atoms with Gasteiger partial charge in [-0.25, -0.2) is 5.43 Å². The third-order valence-corrected chi connectivity index (χ3v) is 6.77. The van der Waals surface area contributed by atoms with E-state index in [1.807, 2.05) is 84.3 Å². The van der Waals surface area contributed by atoms with Gasteiger partial charge >= 0.3 is 0 Å². The van der Waals surface area contributed by atoms with Crippen molar-refractivity contribution in [2.24, 2.45) is 5.10 Å². The topological polar surface area (TPSA) is 81.4 Å². The van der Waals surface area contributed by atoms with Gasteiger partial charge in [0.2, 0.25) is 0 Å². The number of fused-ring (bicyclic) bond motifs is 1. The van der Waals surface area contributed by atoms with E-state index in [2.05, 4.69) is 45.0 Å². The van der Waals surface area contributed by atoms with Crippen molar-refractivity contribution in [1.82, 2.24) is 20.2 Å². The zero-order chi connectivity index (χ0) is 25.6. The monoisotopic (exact) mass is 507 g/mol. The van der Waals surface area contributed by atoms with Crippen molar-refractivity contribution >= 4 is 34.2 Å². The van der Waals surface area contributed by atoms with E-state index in [9.17, 15) is 4.79 Å². The van der Waals surface area contributed by atoms with Crippen LogP contribution in [0.15, 0.2) is 107 Å². The molecule has 0 aliphatic carbocycles. The fourth-order valence-electron chi connectivity index (χ4n) is 3.89. The summed E-state index contributed by atoms with van der Waals surface area (Å²) in [5.74, 6) is 1.36. The van der Waals surface area contributed by atoms with E-state index >= 15 is 0 Å². The summed E-state index contributed by atoms with van der Waals surface area (Å²) in [6, 6.07) is 31.8. The lowest BCUT2D eigenvalue weighted by molar-refractivity contribution is -0.118. The van der Waals surface area contributed by atoms with Gasteiger partial charge in [-0.05, 0) is 53.6 Å². The minimum Gasteiger partial charge on any atom is -0.497 e. The standard InChI is InChI=1S/C29H25N5O2S/c1-20(23-13-12-21-8-6-7-11-24(21)18-23)30-31-27(35)19-37-29-33-32-28(22-9-4-3-5-10-22)34(29)25-14-16-26(36-2)17-15-25/h3-18H,19H2,1-2H3,(H,31,35)/b30-20+. The highest BCUT2D eigenvalue weighted by Crippen LogP contribution is 2.28. The third-order valence-electron chi connectivity index (χ3n) is 5.84. The lowest BCUT2D eigenvalue weighted by Crippen LogP contribution is -2.21. The van der Waals surface area contributed by atoms with Crippen LogP contribution in [0, 0.1) is 0 Å². The van der Waals surface area contributed by atoms with E-state index in [1.54, 1.807) is 7.11 Å². The van der Waals surface area contributed by atoms with Crippen LogP contribution in [0.5, 0.6) is 5.75 Å². The summed E-state index contributed by atoms with van der Waals surface area (Å²) in [5.41, 5.74) is 6.16. The second-order valence-electron chi connectivity index (χ2n) is 8.29. The minimum atomic E-state index is -0.226. The van der Waals surface area contributed by atoms with E-state index < -0.39 is 0 Å². The molecule has 0 saturated heterocycles. The van der Waals surface area contributed by atoms with Crippen molar-refractivity contribution in [3.63, 3.8) is 0 Å². The Kier molecular flexibility index (Phi) is 7.28. The molecule has 184 valence electrons. The van der Waals surface area contributed by atoms with Crippen LogP contribution in [0.1, 0.15) is 12.5 Å². The third kappa shape index (κ3) is 5.54. The number of carbonyl (C=O) groups excluding carboxylic acids is 1.